The molecule has 23 heavy (non-hydrogen) atoms. The van der Waals surface area contributed by atoms with Crippen molar-refractivity contribution in [3.8, 4) is 17.2 Å². The summed E-state index contributed by atoms with van der Waals surface area (Å²) in [7, 11) is 0. The molecule has 0 aliphatic rings. The Labute approximate surface area is 147 Å². The van der Waals surface area contributed by atoms with Gasteiger partial charge in [0.1, 0.15) is 12.0 Å². The number of benzene rings is 1. The molecule has 0 atom stereocenters. The second-order valence-corrected chi connectivity index (χ2v) is 8.80. The van der Waals surface area contributed by atoms with Crippen molar-refractivity contribution in [2.75, 3.05) is 5.33 Å². The largest absolute Gasteiger partial charge is 0.507 e. The number of phenolic OH excluding ortho intramolecular Hbond substituents is 1. The van der Waals surface area contributed by atoms with E-state index < -0.39 is 0 Å². The molecule has 2 aromatic rings. The van der Waals surface area contributed by atoms with Gasteiger partial charge in [-0.15, -0.1) is 0 Å². The molecule has 0 radical (unpaired) electrons. The Balaban J connectivity index is 2.64. The smallest absolute Gasteiger partial charge is 0.226 e. The van der Waals surface area contributed by atoms with E-state index in [-0.39, 0.29) is 10.8 Å². The van der Waals surface area contributed by atoms with Gasteiger partial charge in [-0.3, -0.25) is 0 Å². The number of nitrogens with zero attached hydrogens (tertiary/aromatic N) is 1. The fourth-order valence-corrected chi connectivity index (χ4v) is 2.96. The SMILES string of the molecule is CC(C)(C)c1cc(-c2nc(CCBr)co2)cc(C(C)(C)C)c1O. The molecular formula is C19H26BrNO2. The molecule has 0 fully saturated rings. The Kier molecular flexibility index (Phi) is 4.95. The molecule has 3 nitrogen and oxygen atoms in total. The van der Waals surface area contributed by atoms with Gasteiger partial charge >= 0.3 is 0 Å². The highest BCUT2D eigenvalue weighted by atomic mass is 79.9. The van der Waals surface area contributed by atoms with Gasteiger partial charge < -0.3 is 9.52 Å². The second-order valence-electron chi connectivity index (χ2n) is 8.00. The molecule has 1 heterocycles. The van der Waals surface area contributed by atoms with Gasteiger partial charge in [0.2, 0.25) is 5.89 Å². The highest BCUT2D eigenvalue weighted by Crippen LogP contribution is 2.41. The zero-order valence-corrected chi connectivity index (χ0v) is 16.4. The summed E-state index contributed by atoms with van der Waals surface area (Å²) in [5, 5.41) is 11.6. The maximum absolute atomic E-state index is 10.8. The molecular weight excluding hydrogens is 354 g/mol. The lowest BCUT2D eigenvalue weighted by molar-refractivity contribution is 0.423. The maximum Gasteiger partial charge on any atom is 0.226 e. The van der Waals surface area contributed by atoms with Gasteiger partial charge in [0.25, 0.3) is 0 Å². The molecule has 4 heteroatoms. The zero-order chi connectivity index (χ0) is 17.4. The second kappa shape index (κ2) is 6.31. The molecule has 0 aliphatic carbocycles. The van der Waals surface area contributed by atoms with Crippen molar-refractivity contribution >= 4 is 15.9 Å². The normalized spacial score (nSPS) is 12.7. The number of alkyl halides is 1. The summed E-state index contributed by atoms with van der Waals surface area (Å²) in [6, 6.07) is 3.99. The van der Waals surface area contributed by atoms with Crippen LogP contribution in [0.3, 0.4) is 0 Å². The summed E-state index contributed by atoms with van der Waals surface area (Å²) in [4.78, 5) is 4.57. The number of halogens is 1. The molecule has 0 unspecified atom stereocenters. The summed E-state index contributed by atoms with van der Waals surface area (Å²) in [6.45, 7) is 12.6. The first-order chi connectivity index (χ1) is 10.5. The number of aromatic hydroxyl groups is 1. The van der Waals surface area contributed by atoms with Crippen LogP contribution in [0, 0.1) is 0 Å². The first kappa shape index (κ1) is 18.1. The van der Waals surface area contributed by atoms with Gasteiger partial charge in [-0.05, 0) is 23.0 Å². The van der Waals surface area contributed by atoms with Gasteiger partial charge in [-0.25, -0.2) is 4.98 Å². The third kappa shape index (κ3) is 3.97. The van der Waals surface area contributed by atoms with Crippen molar-refractivity contribution in [2.45, 2.75) is 58.8 Å². The standard InChI is InChI=1S/C19H26BrNO2/c1-18(2,3)14-9-12(10-15(16(14)22)19(4,5)6)17-21-13(7-8-20)11-23-17/h9-11,22H,7-8H2,1-6H3. The molecule has 0 spiro atoms. The predicted molar refractivity (Wildman–Crippen MR) is 98.5 cm³/mol. The summed E-state index contributed by atoms with van der Waals surface area (Å²) in [5.74, 6) is 0.984. The van der Waals surface area contributed by atoms with E-state index in [1.54, 1.807) is 6.26 Å². The maximum atomic E-state index is 10.8. The van der Waals surface area contributed by atoms with E-state index in [1.807, 2.05) is 12.1 Å². The molecule has 0 aliphatic heterocycles. The molecule has 1 aromatic heterocycles. The van der Waals surface area contributed by atoms with Gasteiger partial charge in [0.05, 0.1) is 5.69 Å². The minimum Gasteiger partial charge on any atom is -0.507 e. The van der Waals surface area contributed by atoms with E-state index in [0.29, 0.717) is 11.6 Å². The molecule has 0 amide bonds. The molecule has 126 valence electrons. The summed E-state index contributed by atoms with van der Waals surface area (Å²) < 4.78 is 5.66. The quantitative estimate of drug-likeness (QED) is 0.707. The van der Waals surface area contributed by atoms with Crippen LogP contribution < -0.4 is 0 Å². The van der Waals surface area contributed by atoms with Crippen LogP contribution in [-0.4, -0.2) is 15.4 Å². The monoisotopic (exact) mass is 379 g/mol. The van der Waals surface area contributed by atoms with Crippen LogP contribution in [0.1, 0.15) is 58.4 Å². The van der Waals surface area contributed by atoms with Crippen molar-refractivity contribution in [1.29, 1.82) is 0 Å². The highest BCUT2D eigenvalue weighted by Gasteiger charge is 2.27. The summed E-state index contributed by atoms with van der Waals surface area (Å²) in [6.07, 6.45) is 2.54. The Hall–Kier alpha value is -1.29. The molecule has 1 N–H and O–H groups in total. The van der Waals surface area contributed by atoms with Crippen molar-refractivity contribution < 1.29 is 9.52 Å². The number of aromatic nitrogens is 1. The van der Waals surface area contributed by atoms with Gasteiger partial charge in [-0.1, -0.05) is 57.5 Å². The Bertz CT molecular complexity index is 655. The topological polar surface area (TPSA) is 46.3 Å². The number of hydrogen-bond acceptors (Lipinski definition) is 3. The number of oxazole rings is 1. The number of aryl methyl sites for hydroxylation is 1. The van der Waals surface area contributed by atoms with Crippen LogP contribution in [0.25, 0.3) is 11.5 Å². The Morgan fingerprint density at radius 3 is 2.00 bits per heavy atom. The van der Waals surface area contributed by atoms with Gasteiger partial charge in [0, 0.05) is 28.4 Å². The van der Waals surface area contributed by atoms with E-state index in [4.69, 9.17) is 4.42 Å². The minimum atomic E-state index is -0.161. The highest BCUT2D eigenvalue weighted by molar-refractivity contribution is 9.09. The first-order valence-corrected chi connectivity index (χ1v) is 9.05. The average Bonchev–Trinajstić information content (AvgIpc) is 2.85. The van der Waals surface area contributed by atoms with E-state index in [9.17, 15) is 5.11 Å². The summed E-state index contributed by atoms with van der Waals surface area (Å²) >= 11 is 3.42. The fraction of sp³-hybridized carbons (Fsp3) is 0.526. The average molecular weight is 380 g/mol. The fourth-order valence-electron chi connectivity index (χ4n) is 2.55. The van der Waals surface area contributed by atoms with Crippen LogP contribution in [0.2, 0.25) is 0 Å². The molecule has 0 saturated heterocycles. The lowest BCUT2D eigenvalue weighted by Gasteiger charge is -2.27. The van der Waals surface area contributed by atoms with Gasteiger partial charge in [-0.2, -0.15) is 0 Å². The van der Waals surface area contributed by atoms with Crippen LogP contribution in [0.15, 0.2) is 22.8 Å². The van der Waals surface area contributed by atoms with Crippen molar-refractivity contribution in [2.24, 2.45) is 0 Å². The third-order valence-corrected chi connectivity index (χ3v) is 4.27. The predicted octanol–water partition coefficient (Wildman–Crippen LogP) is 5.58. The summed E-state index contributed by atoms with van der Waals surface area (Å²) in [5.41, 5.74) is 3.36. The van der Waals surface area contributed by atoms with Crippen LogP contribution in [0.5, 0.6) is 5.75 Å². The molecule has 1 aromatic carbocycles. The van der Waals surface area contributed by atoms with Crippen molar-refractivity contribution in [3.63, 3.8) is 0 Å². The van der Waals surface area contributed by atoms with E-state index in [0.717, 1.165) is 34.1 Å². The Morgan fingerprint density at radius 2 is 1.57 bits per heavy atom. The zero-order valence-electron chi connectivity index (χ0n) is 14.8. The van der Waals surface area contributed by atoms with Crippen LogP contribution in [0.4, 0.5) is 0 Å². The van der Waals surface area contributed by atoms with E-state index in [2.05, 4.69) is 62.5 Å². The van der Waals surface area contributed by atoms with E-state index >= 15 is 0 Å². The minimum absolute atomic E-state index is 0.161. The Morgan fingerprint density at radius 1 is 1.04 bits per heavy atom. The number of hydrogen-bond donors (Lipinski definition) is 1. The van der Waals surface area contributed by atoms with Gasteiger partial charge in [0.15, 0.2) is 0 Å². The lowest BCUT2D eigenvalue weighted by Crippen LogP contribution is -2.17. The van der Waals surface area contributed by atoms with Crippen LogP contribution >= 0.6 is 15.9 Å². The van der Waals surface area contributed by atoms with E-state index in [1.165, 1.54) is 0 Å². The van der Waals surface area contributed by atoms with Crippen LogP contribution in [-0.2, 0) is 17.3 Å². The number of rotatable bonds is 3. The molecule has 0 bridgehead atoms. The number of phenols is 1. The lowest BCUT2D eigenvalue weighted by atomic mass is 9.78. The first-order valence-electron chi connectivity index (χ1n) is 7.92. The van der Waals surface area contributed by atoms with Crippen molar-refractivity contribution in [3.05, 3.63) is 35.2 Å². The molecule has 0 saturated carbocycles. The molecule has 2 rings (SSSR count). The van der Waals surface area contributed by atoms with Crippen molar-refractivity contribution in [1.82, 2.24) is 4.98 Å². The third-order valence-electron chi connectivity index (χ3n) is 3.88.